The van der Waals surface area contributed by atoms with E-state index in [2.05, 4.69) is 37.9 Å². The van der Waals surface area contributed by atoms with E-state index in [4.69, 9.17) is 9.47 Å². The zero-order valence-corrected chi connectivity index (χ0v) is 18.6. The number of nitrogens with zero attached hydrogens (tertiary/aromatic N) is 1. The highest BCUT2D eigenvalue weighted by atomic mass is 19.1. The zero-order chi connectivity index (χ0) is 23.0. The van der Waals surface area contributed by atoms with Crippen LogP contribution in [-0.2, 0) is 4.79 Å². The Labute approximate surface area is 182 Å². The molecular formula is C24H30F2N2O3. The van der Waals surface area contributed by atoms with E-state index in [-0.39, 0.29) is 5.56 Å². The lowest BCUT2D eigenvalue weighted by Crippen LogP contribution is -2.39. The summed E-state index contributed by atoms with van der Waals surface area (Å²) in [7, 11) is 1.55. The molecule has 0 spiro atoms. The monoisotopic (exact) mass is 432 g/mol. The number of amides is 1. The molecule has 0 aromatic heterocycles. The molecule has 7 heteroatoms. The number of carbonyl (C=O) groups is 1. The topological polar surface area (TPSA) is 50.8 Å². The van der Waals surface area contributed by atoms with Crippen molar-refractivity contribution >= 4 is 17.7 Å². The molecule has 0 saturated heterocycles. The van der Waals surface area contributed by atoms with Crippen molar-refractivity contribution in [3.05, 3.63) is 59.7 Å². The highest BCUT2D eigenvalue weighted by Gasteiger charge is 2.14. The van der Waals surface area contributed by atoms with Crippen molar-refractivity contribution in [2.45, 2.75) is 39.8 Å². The molecule has 0 saturated carbocycles. The maximum Gasteiger partial charge on any atom is 0.248 e. The molecule has 0 atom stereocenters. The number of benzene rings is 2. The Morgan fingerprint density at radius 3 is 2.26 bits per heavy atom. The van der Waals surface area contributed by atoms with Gasteiger partial charge in [0.05, 0.1) is 7.11 Å². The number of anilines is 1. The molecular weight excluding hydrogens is 402 g/mol. The van der Waals surface area contributed by atoms with Gasteiger partial charge < -0.3 is 14.8 Å². The molecule has 168 valence electrons. The maximum atomic E-state index is 13.3. The van der Waals surface area contributed by atoms with E-state index >= 15 is 0 Å². The molecule has 31 heavy (non-hydrogen) atoms. The van der Waals surface area contributed by atoms with Gasteiger partial charge >= 0.3 is 0 Å². The minimum absolute atomic E-state index is 0.256. The van der Waals surface area contributed by atoms with Crippen molar-refractivity contribution < 1.29 is 23.0 Å². The number of carbonyl (C=O) groups excluding carboxylic acids is 1. The van der Waals surface area contributed by atoms with Crippen LogP contribution in [0.3, 0.4) is 0 Å². The fraction of sp³-hybridized carbons (Fsp3) is 0.375. The first-order valence-corrected chi connectivity index (χ1v) is 10.2. The summed E-state index contributed by atoms with van der Waals surface area (Å²) in [6.45, 7) is 9.78. The Morgan fingerprint density at radius 1 is 1.03 bits per heavy atom. The van der Waals surface area contributed by atoms with E-state index in [1.165, 1.54) is 12.2 Å². The molecule has 0 bridgehead atoms. The average molecular weight is 433 g/mol. The number of halogens is 2. The Bertz CT molecular complexity index is 885. The first-order valence-electron chi connectivity index (χ1n) is 10.2. The highest BCUT2D eigenvalue weighted by Crippen LogP contribution is 2.30. The number of hydrogen-bond donors (Lipinski definition) is 1. The van der Waals surface area contributed by atoms with Crippen molar-refractivity contribution in [1.82, 2.24) is 4.90 Å². The summed E-state index contributed by atoms with van der Waals surface area (Å²) < 4.78 is 37.8. The van der Waals surface area contributed by atoms with E-state index in [0.29, 0.717) is 35.9 Å². The van der Waals surface area contributed by atoms with Gasteiger partial charge in [-0.05, 0) is 63.6 Å². The van der Waals surface area contributed by atoms with Gasteiger partial charge in [0, 0.05) is 42.5 Å². The van der Waals surface area contributed by atoms with Crippen LogP contribution >= 0.6 is 0 Å². The van der Waals surface area contributed by atoms with E-state index in [1.807, 2.05) is 0 Å². The third-order valence-electron chi connectivity index (χ3n) is 4.68. The molecule has 2 rings (SSSR count). The van der Waals surface area contributed by atoms with Gasteiger partial charge in [-0.15, -0.1) is 0 Å². The van der Waals surface area contributed by atoms with Gasteiger partial charge in [-0.25, -0.2) is 8.78 Å². The highest BCUT2D eigenvalue weighted by molar-refractivity contribution is 6.02. The molecule has 0 aliphatic rings. The summed E-state index contributed by atoms with van der Waals surface area (Å²) >= 11 is 0. The third kappa shape index (κ3) is 7.68. The Morgan fingerprint density at radius 2 is 1.68 bits per heavy atom. The number of hydrogen-bond acceptors (Lipinski definition) is 4. The molecule has 2 aromatic carbocycles. The molecule has 0 aliphatic carbocycles. The number of ether oxygens (including phenoxy) is 2. The fourth-order valence-corrected chi connectivity index (χ4v) is 3.27. The smallest absolute Gasteiger partial charge is 0.248 e. The quantitative estimate of drug-likeness (QED) is 0.529. The third-order valence-corrected chi connectivity index (χ3v) is 4.68. The van der Waals surface area contributed by atoms with E-state index in [9.17, 15) is 13.6 Å². The molecule has 0 aliphatic heterocycles. The average Bonchev–Trinajstić information content (AvgIpc) is 2.68. The Kier molecular flexibility index (Phi) is 9.00. The lowest BCUT2D eigenvalue weighted by molar-refractivity contribution is -0.111. The SMILES string of the molecule is COc1ccc(NC(=O)C=Cc2cc(F)cc(F)c2)cc1OCCN(C(C)C)C(C)C. The molecule has 0 unspecified atom stereocenters. The van der Waals surface area contributed by atoms with Gasteiger partial charge in [0.25, 0.3) is 0 Å². The van der Waals surface area contributed by atoms with Gasteiger partial charge in [0.1, 0.15) is 18.2 Å². The van der Waals surface area contributed by atoms with Gasteiger partial charge in [-0.1, -0.05) is 0 Å². The summed E-state index contributed by atoms with van der Waals surface area (Å²) in [4.78, 5) is 14.5. The van der Waals surface area contributed by atoms with Gasteiger partial charge in [0.2, 0.25) is 5.91 Å². The summed E-state index contributed by atoms with van der Waals surface area (Å²) in [5.74, 6) is -0.768. The van der Waals surface area contributed by atoms with E-state index < -0.39 is 17.5 Å². The second kappa shape index (κ2) is 11.5. The van der Waals surface area contributed by atoms with E-state index in [0.717, 1.165) is 24.7 Å². The Balaban J connectivity index is 2.03. The lowest BCUT2D eigenvalue weighted by Gasteiger charge is -2.30. The van der Waals surface area contributed by atoms with Crippen LogP contribution in [0.2, 0.25) is 0 Å². The molecule has 1 amide bonds. The van der Waals surface area contributed by atoms with Crippen LogP contribution in [0, 0.1) is 11.6 Å². The minimum Gasteiger partial charge on any atom is -0.493 e. The number of rotatable bonds is 10. The molecule has 0 heterocycles. The molecule has 0 fully saturated rings. The van der Waals surface area contributed by atoms with Crippen molar-refractivity contribution in [2.75, 3.05) is 25.6 Å². The number of nitrogens with one attached hydrogen (secondary N) is 1. The van der Waals surface area contributed by atoms with Crippen LogP contribution in [0.15, 0.2) is 42.5 Å². The summed E-state index contributed by atoms with van der Waals surface area (Å²) in [5.41, 5.74) is 0.770. The zero-order valence-electron chi connectivity index (χ0n) is 18.6. The molecule has 0 radical (unpaired) electrons. The summed E-state index contributed by atoms with van der Waals surface area (Å²) in [5, 5.41) is 2.71. The first kappa shape index (κ1) is 24.3. The first-order chi connectivity index (χ1) is 14.7. The summed E-state index contributed by atoms with van der Waals surface area (Å²) in [6, 6.07) is 8.93. The van der Waals surface area contributed by atoms with Crippen molar-refractivity contribution in [3.63, 3.8) is 0 Å². The van der Waals surface area contributed by atoms with Gasteiger partial charge in [0.15, 0.2) is 11.5 Å². The Hall–Kier alpha value is -2.93. The van der Waals surface area contributed by atoms with E-state index in [1.54, 1.807) is 25.3 Å². The molecule has 5 nitrogen and oxygen atoms in total. The van der Waals surface area contributed by atoms with Crippen LogP contribution < -0.4 is 14.8 Å². The fourth-order valence-electron chi connectivity index (χ4n) is 3.27. The van der Waals surface area contributed by atoms with Crippen molar-refractivity contribution in [3.8, 4) is 11.5 Å². The van der Waals surface area contributed by atoms with Gasteiger partial charge in [-0.2, -0.15) is 0 Å². The normalized spacial score (nSPS) is 11.5. The number of methoxy groups -OCH3 is 1. The van der Waals surface area contributed by atoms with Crippen LogP contribution in [0.4, 0.5) is 14.5 Å². The standard InChI is InChI=1S/C24H30F2N2O3/c1-16(2)28(17(3)4)10-11-31-23-15-21(7-8-22(23)30-5)27-24(29)9-6-18-12-19(25)14-20(26)13-18/h6-9,12-17H,10-11H2,1-5H3,(H,27,29). The van der Waals surface area contributed by atoms with Crippen LogP contribution in [0.25, 0.3) is 6.08 Å². The van der Waals surface area contributed by atoms with Gasteiger partial charge in [-0.3, -0.25) is 9.69 Å². The lowest BCUT2D eigenvalue weighted by atomic mass is 10.2. The molecule has 1 N–H and O–H groups in total. The van der Waals surface area contributed by atoms with Crippen molar-refractivity contribution in [1.29, 1.82) is 0 Å². The van der Waals surface area contributed by atoms with Crippen LogP contribution in [0.5, 0.6) is 11.5 Å². The predicted octanol–water partition coefficient (Wildman–Crippen LogP) is 5.12. The second-order valence-corrected chi connectivity index (χ2v) is 7.66. The predicted molar refractivity (Wildman–Crippen MR) is 119 cm³/mol. The van der Waals surface area contributed by atoms with Crippen LogP contribution in [-0.4, -0.2) is 43.2 Å². The maximum absolute atomic E-state index is 13.3. The molecule has 2 aromatic rings. The minimum atomic E-state index is -0.703. The summed E-state index contributed by atoms with van der Waals surface area (Å²) in [6.07, 6.45) is 2.55. The second-order valence-electron chi connectivity index (χ2n) is 7.66. The largest absolute Gasteiger partial charge is 0.493 e. The van der Waals surface area contributed by atoms with Crippen molar-refractivity contribution in [2.24, 2.45) is 0 Å². The van der Waals surface area contributed by atoms with Crippen LogP contribution in [0.1, 0.15) is 33.3 Å².